The van der Waals surface area contributed by atoms with E-state index in [1.807, 2.05) is 0 Å². The van der Waals surface area contributed by atoms with Crippen LogP contribution < -0.4 is 0 Å². The van der Waals surface area contributed by atoms with Crippen molar-refractivity contribution >= 4 is 15.9 Å². The molecule has 3 nitrogen and oxygen atoms in total. The van der Waals surface area contributed by atoms with Crippen LogP contribution in [0.4, 0.5) is 0 Å². The van der Waals surface area contributed by atoms with Gasteiger partial charge in [-0.15, -0.1) is 0 Å². The third-order valence-corrected chi connectivity index (χ3v) is 3.90. The van der Waals surface area contributed by atoms with Crippen molar-refractivity contribution in [3.63, 3.8) is 0 Å². The van der Waals surface area contributed by atoms with Gasteiger partial charge in [0.05, 0.1) is 13.2 Å². The smallest absolute Gasteiger partial charge is 0.0700 e. The quantitative estimate of drug-likeness (QED) is 0.457. The minimum Gasteiger partial charge on any atom is -0.382 e. The standard InChI is InChI=1S/C13H26BrNO2/c1-16-11-12-17-10-4-9-15-8-3-6-13(15)5-2-7-14/h13H,2-12H2,1H3. The number of hydrogen-bond acceptors (Lipinski definition) is 3. The summed E-state index contributed by atoms with van der Waals surface area (Å²) < 4.78 is 10.4. The van der Waals surface area contributed by atoms with Crippen LogP contribution in [-0.2, 0) is 9.47 Å². The fourth-order valence-corrected chi connectivity index (χ4v) is 2.77. The molecule has 17 heavy (non-hydrogen) atoms. The molecule has 0 saturated carbocycles. The largest absolute Gasteiger partial charge is 0.382 e. The Balaban J connectivity index is 2.00. The molecule has 1 aliphatic rings. The lowest BCUT2D eigenvalue weighted by atomic mass is 10.1. The molecular weight excluding hydrogens is 282 g/mol. The van der Waals surface area contributed by atoms with Crippen molar-refractivity contribution in [3.05, 3.63) is 0 Å². The molecule has 0 radical (unpaired) electrons. The van der Waals surface area contributed by atoms with Crippen LogP contribution in [0.15, 0.2) is 0 Å². The molecule has 1 fully saturated rings. The molecule has 1 aliphatic heterocycles. The fourth-order valence-electron chi connectivity index (χ4n) is 2.44. The minimum absolute atomic E-state index is 0.706. The van der Waals surface area contributed by atoms with Gasteiger partial charge in [0, 0.05) is 31.6 Å². The molecule has 0 spiro atoms. The van der Waals surface area contributed by atoms with Crippen LogP contribution in [-0.4, -0.2) is 56.3 Å². The third kappa shape index (κ3) is 6.75. The highest BCUT2D eigenvalue weighted by atomic mass is 79.9. The molecule has 0 amide bonds. The Hall–Kier alpha value is 0.360. The lowest BCUT2D eigenvalue weighted by molar-refractivity contribution is 0.0644. The maximum absolute atomic E-state index is 5.49. The highest BCUT2D eigenvalue weighted by Gasteiger charge is 2.22. The summed E-state index contributed by atoms with van der Waals surface area (Å²) in [5.74, 6) is 0. The van der Waals surface area contributed by atoms with Crippen LogP contribution in [0.3, 0.4) is 0 Å². The first-order valence-corrected chi connectivity index (χ1v) is 7.87. The highest BCUT2D eigenvalue weighted by Crippen LogP contribution is 2.21. The van der Waals surface area contributed by atoms with Gasteiger partial charge < -0.3 is 14.4 Å². The predicted molar refractivity (Wildman–Crippen MR) is 74.9 cm³/mol. The molecule has 1 unspecified atom stereocenters. The van der Waals surface area contributed by atoms with Gasteiger partial charge in [0.15, 0.2) is 0 Å². The zero-order valence-corrected chi connectivity index (χ0v) is 12.6. The number of likely N-dealkylation sites (tertiary alicyclic amines) is 1. The van der Waals surface area contributed by atoms with E-state index in [1.54, 1.807) is 7.11 Å². The minimum atomic E-state index is 0.706. The molecule has 0 aromatic heterocycles. The zero-order valence-electron chi connectivity index (χ0n) is 11.0. The second-order valence-electron chi connectivity index (χ2n) is 4.62. The van der Waals surface area contributed by atoms with Crippen molar-refractivity contribution < 1.29 is 9.47 Å². The van der Waals surface area contributed by atoms with E-state index in [-0.39, 0.29) is 0 Å². The Bertz CT molecular complexity index is 181. The van der Waals surface area contributed by atoms with Gasteiger partial charge in [-0.25, -0.2) is 0 Å². The summed E-state index contributed by atoms with van der Waals surface area (Å²) in [4.78, 5) is 2.64. The lowest BCUT2D eigenvalue weighted by Crippen LogP contribution is -2.31. The molecule has 1 heterocycles. The second kappa shape index (κ2) is 10.3. The summed E-state index contributed by atoms with van der Waals surface area (Å²) >= 11 is 3.51. The van der Waals surface area contributed by atoms with Crippen LogP contribution in [0.2, 0.25) is 0 Å². The third-order valence-electron chi connectivity index (χ3n) is 3.34. The number of hydrogen-bond donors (Lipinski definition) is 0. The highest BCUT2D eigenvalue weighted by molar-refractivity contribution is 9.09. The first-order chi connectivity index (χ1) is 8.38. The van der Waals surface area contributed by atoms with Crippen LogP contribution in [0.25, 0.3) is 0 Å². The van der Waals surface area contributed by atoms with E-state index in [9.17, 15) is 0 Å². The van der Waals surface area contributed by atoms with Gasteiger partial charge in [-0.05, 0) is 38.6 Å². The van der Waals surface area contributed by atoms with Crippen molar-refractivity contribution in [3.8, 4) is 0 Å². The number of halogens is 1. The summed E-state index contributed by atoms with van der Waals surface area (Å²) in [7, 11) is 1.71. The second-order valence-corrected chi connectivity index (χ2v) is 5.41. The van der Waals surface area contributed by atoms with E-state index in [2.05, 4.69) is 20.8 Å². The van der Waals surface area contributed by atoms with Gasteiger partial charge in [-0.3, -0.25) is 0 Å². The van der Waals surface area contributed by atoms with E-state index >= 15 is 0 Å². The van der Waals surface area contributed by atoms with Gasteiger partial charge >= 0.3 is 0 Å². The van der Waals surface area contributed by atoms with E-state index < -0.39 is 0 Å². The van der Waals surface area contributed by atoms with Gasteiger partial charge in [-0.2, -0.15) is 0 Å². The zero-order chi connectivity index (χ0) is 12.3. The SMILES string of the molecule is COCCOCCCN1CCCC1CCCBr. The Morgan fingerprint density at radius 3 is 2.88 bits per heavy atom. The Morgan fingerprint density at radius 2 is 2.12 bits per heavy atom. The summed E-state index contributed by atoms with van der Waals surface area (Å²) in [6.45, 7) is 4.77. The molecule has 102 valence electrons. The summed E-state index contributed by atoms with van der Waals surface area (Å²) in [6, 6.07) is 0.825. The molecule has 1 atom stereocenters. The maximum atomic E-state index is 5.49. The van der Waals surface area contributed by atoms with Crippen molar-refractivity contribution in [2.75, 3.05) is 45.4 Å². The van der Waals surface area contributed by atoms with Crippen LogP contribution in [0.5, 0.6) is 0 Å². The first kappa shape index (κ1) is 15.4. The molecule has 0 N–H and O–H groups in total. The number of methoxy groups -OCH3 is 1. The molecule has 0 aliphatic carbocycles. The van der Waals surface area contributed by atoms with Crippen LogP contribution >= 0.6 is 15.9 Å². The number of alkyl halides is 1. The lowest BCUT2D eigenvalue weighted by Gasteiger charge is -2.24. The summed E-state index contributed by atoms with van der Waals surface area (Å²) in [5.41, 5.74) is 0. The molecular formula is C13H26BrNO2. The Labute approximate surface area is 114 Å². The van der Waals surface area contributed by atoms with Crippen molar-refractivity contribution in [1.82, 2.24) is 4.90 Å². The van der Waals surface area contributed by atoms with E-state index in [4.69, 9.17) is 9.47 Å². The topological polar surface area (TPSA) is 21.7 Å². The number of nitrogens with zero attached hydrogens (tertiary/aromatic N) is 1. The van der Waals surface area contributed by atoms with E-state index in [1.165, 1.54) is 38.8 Å². The predicted octanol–water partition coefficient (Wildman–Crippen LogP) is 2.68. The average Bonchev–Trinajstić information content (AvgIpc) is 2.78. The van der Waals surface area contributed by atoms with Gasteiger partial charge in [-0.1, -0.05) is 15.9 Å². The summed E-state index contributed by atoms with van der Waals surface area (Å²) in [5, 5.41) is 1.14. The van der Waals surface area contributed by atoms with Gasteiger partial charge in [0.2, 0.25) is 0 Å². The summed E-state index contributed by atoms with van der Waals surface area (Å²) in [6.07, 6.45) is 6.55. The van der Waals surface area contributed by atoms with Crippen molar-refractivity contribution in [2.24, 2.45) is 0 Å². The van der Waals surface area contributed by atoms with Gasteiger partial charge in [0.1, 0.15) is 0 Å². The van der Waals surface area contributed by atoms with Crippen LogP contribution in [0, 0.1) is 0 Å². The van der Waals surface area contributed by atoms with E-state index in [0.717, 1.165) is 31.0 Å². The Morgan fingerprint density at radius 1 is 1.24 bits per heavy atom. The monoisotopic (exact) mass is 307 g/mol. The normalized spacial score (nSPS) is 21.2. The Kier molecular flexibility index (Phi) is 9.34. The van der Waals surface area contributed by atoms with E-state index in [0.29, 0.717) is 6.61 Å². The molecule has 0 bridgehead atoms. The number of ether oxygens (including phenoxy) is 2. The molecule has 1 saturated heterocycles. The van der Waals surface area contributed by atoms with Crippen LogP contribution in [0.1, 0.15) is 32.1 Å². The fraction of sp³-hybridized carbons (Fsp3) is 1.00. The van der Waals surface area contributed by atoms with Crippen molar-refractivity contribution in [1.29, 1.82) is 0 Å². The number of rotatable bonds is 10. The molecule has 0 aromatic carbocycles. The first-order valence-electron chi connectivity index (χ1n) is 6.75. The van der Waals surface area contributed by atoms with Crippen molar-refractivity contribution in [2.45, 2.75) is 38.1 Å². The molecule has 4 heteroatoms. The maximum Gasteiger partial charge on any atom is 0.0700 e. The molecule has 1 rings (SSSR count). The van der Waals surface area contributed by atoms with Gasteiger partial charge in [0.25, 0.3) is 0 Å². The average molecular weight is 308 g/mol. The molecule has 0 aromatic rings.